The summed E-state index contributed by atoms with van der Waals surface area (Å²) < 4.78 is 25.6. The molecule has 9 nitrogen and oxygen atoms in total. The van der Waals surface area contributed by atoms with Crippen molar-refractivity contribution in [3.05, 3.63) is 59.4 Å². The van der Waals surface area contributed by atoms with Gasteiger partial charge in [0.15, 0.2) is 11.5 Å². The molecule has 0 saturated carbocycles. The number of halogens is 1. The number of benzene rings is 2. The summed E-state index contributed by atoms with van der Waals surface area (Å²) in [6, 6.07) is 10.9. The van der Waals surface area contributed by atoms with E-state index in [2.05, 4.69) is 5.32 Å². The maximum Gasteiger partial charge on any atom is 0.411 e. The number of carbonyl (C=O) groups is 3. The molecule has 2 N–H and O–H groups in total. The van der Waals surface area contributed by atoms with Crippen molar-refractivity contribution in [2.45, 2.75) is 13.0 Å². The Morgan fingerprint density at radius 1 is 1.18 bits per heavy atom. The van der Waals surface area contributed by atoms with Crippen LogP contribution in [0.1, 0.15) is 27.6 Å². The van der Waals surface area contributed by atoms with Crippen molar-refractivity contribution in [2.75, 3.05) is 51.3 Å². The number of carbonyl (C=O) groups excluding carboxylic acids is 3. The zero-order valence-electron chi connectivity index (χ0n) is 18.8. The highest BCUT2D eigenvalue weighted by Gasteiger charge is 2.41. The zero-order valence-corrected chi connectivity index (χ0v) is 18.8. The summed E-state index contributed by atoms with van der Waals surface area (Å²) in [4.78, 5) is 38.0. The van der Waals surface area contributed by atoms with Gasteiger partial charge in [0.25, 0.3) is 11.8 Å². The summed E-state index contributed by atoms with van der Waals surface area (Å²) in [5, 5.41) is 13.4. The van der Waals surface area contributed by atoms with Gasteiger partial charge in [-0.2, -0.15) is 0 Å². The number of ether oxygens (including phenoxy) is 2. The molecule has 1 fully saturated rings. The molecule has 2 aromatic rings. The van der Waals surface area contributed by atoms with E-state index in [1.165, 1.54) is 6.07 Å². The third kappa shape index (κ3) is 4.65. The average molecular weight is 472 g/mol. The second-order valence-corrected chi connectivity index (χ2v) is 8.32. The number of quaternary nitrogens is 1. The number of imide groups is 1. The molecule has 0 aromatic heterocycles. The predicted molar refractivity (Wildman–Crippen MR) is 122 cm³/mol. The monoisotopic (exact) mass is 472 g/mol. The molecule has 2 aliphatic rings. The first-order chi connectivity index (χ1) is 16.3. The average Bonchev–Trinajstić information content (AvgIpc) is 3.05. The highest BCUT2D eigenvalue weighted by molar-refractivity contribution is 6.21. The Hall–Kier alpha value is -3.34. The van der Waals surface area contributed by atoms with Crippen LogP contribution >= 0.6 is 0 Å². The van der Waals surface area contributed by atoms with Crippen molar-refractivity contribution in [1.29, 1.82) is 0 Å². The van der Waals surface area contributed by atoms with Crippen molar-refractivity contribution in [1.82, 2.24) is 9.38 Å². The van der Waals surface area contributed by atoms with Crippen LogP contribution in [-0.4, -0.2) is 80.0 Å². The van der Waals surface area contributed by atoms with Crippen LogP contribution in [0.15, 0.2) is 42.5 Å². The lowest BCUT2D eigenvalue weighted by molar-refractivity contribution is 0.00982. The Morgan fingerprint density at radius 3 is 2.41 bits per heavy atom. The van der Waals surface area contributed by atoms with Crippen molar-refractivity contribution >= 4 is 29.3 Å². The summed E-state index contributed by atoms with van der Waals surface area (Å²) in [5.41, 5.74) is 1.20. The lowest BCUT2D eigenvalue weighted by Crippen LogP contribution is -2.61. The van der Waals surface area contributed by atoms with Crippen LogP contribution in [0.5, 0.6) is 0 Å². The molecule has 1 atom stereocenters. The molecule has 0 spiro atoms. The van der Waals surface area contributed by atoms with E-state index in [1.54, 1.807) is 43.3 Å². The van der Waals surface area contributed by atoms with Crippen LogP contribution in [0.3, 0.4) is 0 Å². The predicted octanol–water partition coefficient (Wildman–Crippen LogP) is 2.39. The number of amides is 3. The van der Waals surface area contributed by atoms with Crippen molar-refractivity contribution in [2.24, 2.45) is 0 Å². The molecule has 2 aromatic carbocycles. The van der Waals surface area contributed by atoms with Crippen molar-refractivity contribution < 1.29 is 33.4 Å². The van der Waals surface area contributed by atoms with E-state index in [4.69, 9.17) is 9.47 Å². The number of anilines is 1. The van der Waals surface area contributed by atoms with Gasteiger partial charge in [0, 0.05) is 17.8 Å². The van der Waals surface area contributed by atoms with Crippen LogP contribution < -0.4 is 9.80 Å². The van der Waals surface area contributed by atoms with Gasteiger partial charge in [-0.05, 0) is 25.1 Å². The van der Waals surface area contributed by atoms with Crippen LogP contribution in [0, 0.1) is 5.82 Å². The largest absolute Gasteiger partial charge is 0.450 e. The maximum atomic E-state index is 15.2. The van der Waals surface area contributed by atoms with E-state index in [9.17, 15) is 19.5 Å². The summed E-state index contributed by atoms with van der Waals surface area (Å²) in [6.07, 6.45) is -1.77. The maximum absolute atomic E-state index is 15.2. The summed E-state index contributed by atoms with van der Waals surface area (Å²) in [6.45, 7) is 3.28. The molecule has 0 bridgehead atoms. The smallest absolute Gasteiger partial charge is 0.411 e. The van der Waals surface area contributed by atoms with Crippen molar-refractivity contribution in [3.8, 4) is 0 Å². The van der Waals surface area contributed by atoms with Crippen LogP contribution in [0.25, 0.3) is 0 Å². The van der Waals surface area contributed by atoms with E-state index in [0.29, 0.717) is 43.1 Å². The van der Waals surface area contributed by atoms with E-state index < -0.39 is 29.8 Å². The van der Waals surface area contributed by atoms with Gasteiger partial charge in [-0.25, -0.2) is 9.18 Å². The molecule has 0 radical (unpaired) electrons. The molecule has 0 unspecified atom stereocenters. The molecule has 4 rings (SSSR count). The highest BCUT2D eigenvalue weighted by atomic mass is 19.1. The Balaban J connectivity index is 1.53. The molecule has 2 heterocycles. The molecule has 180 valence electrons. The number of nitrogens with zero attached hydrogens (tertiary/aromatic N) is 2. The lowest BCUT2D eigenvalue weighted by atomic mass is 10.1. The highest BCUT2D eigenvalue weighted by Crippen LogP contribution is 2.31. The molecule has 2 aliphatic heterocycles. The van der Waals surface area contributed by atoms with Gasteiger partial charge in [0.05, 0.1) is 37.5 Å². The summed E-state index contributed by atoms with van der Waals surface area (Å²) >= 11 is 0. The number of morpholine rings is 1. The SMILES string of the molecule is CCOC(=O)Nc1ccc([N+]2(C[C@H](O)CN3C(=O)c4ccccc4C3=O)CCOCC2)c(F)c1. The lowest BCUT2D eigenvalue weighted by Gasteiger charge is -2.42. The number of hydrogen-bond acceptors (Lipinski definition) is 6. The molecular formula is C24H27FN3O6+. The molecule has 3 amide bonds. The third-order valence-electron chi connectivity index (χ3n) is 6.14. The minimum absolute atomic E-state index is 0.0792. The first kappa shape index (κ1) is 23.8. The normalized spacial score (nSPS) is 17.9. The number of nitrogens with one attached hydrogen (secondary N) is 1. The standard InChI is InChI=1S/C24H26FN3O6/c1-2-34-24(32)26-16-7-8-21(20(25)13-16)28(9-11-33-12-10-28)15-17(29)14-27-22(30)18-5-3-4-6-19(18)23(27)31/h3-8,13,17,29H,2,9-12,14-15H2,1H3/p+1/t17-/m1/s1. The first-order valence-electron chi connectivity index (χ1n) is 11.2. The molecule has 1 saturated heterocycles. The Kier molecular flexibility index (Phi) is 6.92. The van der Waals surface area contributed by atoms with Crippen LogP contribution in [0.4, 0.5) is 20.6 Å². The van der Waals surface area contributed by atoms with E-state index in [0.717, 1.165) is 4.90 Å². The van der Waals surface area contributed by atoms with Gasteiger partial charge in [-0.1, -0.05) is 12.1 Å². The minimum Gasteiger partial charge on any atom is -0.450 e. The van der Waals surface area contributed by atoms with Crippen LogP contribution in [-0.2, 0) is 9.47 Å². The Morgan fingerprint density at radius 2 is 1.82 bits per heavy atom. The number of hydrogen-bond donors (Lipinski definition) is 2. The summed E-state index contributed by atoms with van der Waals surface area (Å²) in [7, 11) is 0. The van der Waals surface area contributed by atoms with E-state index in [1.807, 2.05) is 0 Å². The Bertz CT molecular complexity index is 1070. The fourth-order valence-corrected chi connectivity index (χ4v) is 4.55. The quantitative estimate of drug-likeness (QED) is 0.474. The molecule has 0 aliphatic carbocycles. The van der Waals surface area contributed by atoms with Gasteiger partial charge < -0.3 is 14.6 Å². The molecule has 34 heavy (non-hydrogen) atoms. The fraction of sp³-hybridized carbons (Fsp3) is 0.375. The van der Waals surface area contributed by atoms with E-state index >= 15 is 4.39 Å². The van der Waals surface area contributed by atoms with E-state index in [-0.39, 0.29) is 29.9 Å². The molecule has 10 heteroatoms. The van der Waals surface area contributed by atoms with Gasteiger partial charge in [0.2, 0.25) is 0 Å². The van der Waals surface area contributed by atoms with Crippen molar-refractivity contribution in [3.63, 3.8) is 0 Å². The van der Waals surface area contributed by atoms with Gasteiger partial charge in [-0.15, -0.1) is 0 Å². The van der Waals surface area contributed by atoms with Gasteiger partial charge in [-0.3, -0.25) is 24.3 Å². The zero-order chi connectivity index (χ0) is 24.3. The second-order valence-electron chi connectivity index (χ2n) is 8.32. The topological polar surface area (TPSA) is 105 Å². The number of β-amino-alcohol motifs (C(OH)–C–C–N with tert-alkyl or cyclic N) is 1. The number of aliphatic hydroxyl groups excluding tert-OH is 1. The number of rotatable bonds is 7. The van der Waals surface area contributed by atoms with Gasteiger partial charge >= 0.3 is 6.09 Å². The third-order valence-corrected chi connectivity index (χ3v) is 6.14. The first-order valence-corrected chi connectivity index (χ1v) is 11.2. The summed E-state index contributed by atoms with van der Waals surface area (Å²) in [5.74, 6) is -1.45. The Labute approximate surface area is 196 Å². The second kappa shape index (κ2) is 9.88. The number of aliphatic hydroxyl groups is 1. The molecular weight excluding hydrogens is 445 g/mol. The van der Waals surface area contributed by atoms with Crippen LogP contribution in [0.2, 0.25) is 0 Å². The fourth-order valence-electron chi connectivity index (χ4n) is 4.55. The van der Waals surface area contributed by atoms with Gasteiger partial charge in [0.1, 0.15) is 25.7 Å². The minimum atomic E-state index is -1.09. The number of fused-ring (bicyclic) bond motifs is 1.